The number of rotatable bonds is 8. The van der Waals surface area contributed by atoms with E-state index in [9.17, 15) is 9.59 Å². The third kappa shape index (κ3) is 5.24. The van der Waals surface area contributed by atoms with Crippen LogP contribution in [0.15, 0.2) is 42.5 Å². The van der Waals surface area contributed by atoms with Crippen LogP contribution in [0.4, 0.5) is 0 Å². The predicted molar refractivity (Wildman–Crippen MR) is 97.5 cm³/mol. The Kier molecular flexibility index (Phi) is 7.02. The topological polar surface area (TPSA) is 73.9 Å². The highest BCUT2D eigenvalue weighted by atomic mass is 16.5. The van der Waals surface area contributed by atoms with Crippen LogP contribution in [0.3, 0.4) is 0 Å². The fourth-order valence-corrected chi connectivity index (χ4v) is 2.32. The third-order valence-electron chi connectivity index (χ3n) is 3.88. The average Bonchev–Trinajstić information content (AvgIpc) is 2.70. The van der Waals surface area contributed by atoms with E-state index in [2.05, 4.69) is 12.2 Å². The number of carbonyl (C=O) groups is 2. The minimum absolute atomic E-state index is 0.233. The van der Waals surface area contributed by atoms with Crippen LogP contribution in [0, 0.1) is 0 Å². The number of ether oxygens (including phenoxy) is 3. The molecule has 2 rings (SSSR count). The van der Waals surface area contributed by atoms with Crippen LogP contribution < -0.4 is 14.8 Å². The van der Waals surface area contributed by atoms with E-state index < -0.39 is 5.97 Å². The van der Waals surface area contributed by atoms with Gasteiger partial charge >= 0.3 is 5.97 Å². The summed E-state index contributed by atoms with van der Waals surface area (Å²) in [6.07, 6.45) is 0.970. The Labute approximate surface area is 153 Å². The van der Waals surface area contributed by atoms with Gasteiger partial charge in [-0.15, -0.1) is 0 Å². The first-order valence-corrected chi connectivity index (χ1v) is 8.31. The van der Waals surface area contributed by atoms with E-state index >= 15 is 0 Å². The van der Waals surface area contributed by atoms with Crippen molar-refractivity contribution in [3.8, 4) is 11.5 Å². The largest absolute Gasteiger partial charge is 0.497 e. The molecule has 26 heavy (non-hydrogen) atoms. The monoisotopic (exact) mass is 357 g/mol. The molecule has 0 unspecified atom stereocenters. The summed E-state index contributed by atoms with van der Waals surface area (Å²) in [5.74, 6) is -0.117. The summed E-state index contributed by atoms with van der Waals surface area (Å²) in [5, 5.41) is 2.72. The standard InChI is InChI=1S/C20H23NO5/c1-4-14-5-7-15(8-6-14)12-21-19(22)13-26-20(23)17-10-9-16(24-2)11-18(17)25-3/h5-11H,4,12-13H2,1-3H3,(H,21,22). The van der Waals surface area contributed by atoms with Crippen molar-refractivity contribution in [3.05, 3.63) is 59.2 Å². The summed E-state index contributed by atoms with van der Waals surface area (Å²) < 4.78 is 15.3. The molecule has 0 aliphatic carbocycles. The number of nitrogens with one attached hydrogen (secondary N) is 1. The molecule has 0 atom stereocenters. The first-order valence-electron chi connectivity index (χ1n) is 8.31. The van der Waals surface area contributed by atoms with Gasteiger partial charge in [-0.25, -0.2) is 4.79 Å². The van der Waals surface area contributed by atoms with Gasteiger partial charge < -0.3 is 19.5 Å². The van der Waals surface area contributed by atoms with Crippen LogP contribution in [-0.2, 0) is 22.5 Å². The predicted octanol–water partition coefficient (Wildman–Crippen LogP) is 2.74. The van der Waals surface area contributed by atoms with E-state index in [1.54, 1.807) is 12.1 Å². The molecule has 0 saturated heterocycles. The molecule has 138 valence electrons. The van der Waals surface area contributed by atoms with E-state index in [1.165, 1.54) is 25.8 Å². The van der Waals surface area contributed by atoms with Crippen LogP contribution in [0.25, 0.3) is 0 Å². The summed E-state index contributed by atoms with van der Waals surface area (Å²) >= 11 is 0. The van der Waals surface area contributed by atoms with Crippen molar-refractivity contribution < 1.29 is 23.8 Å². The van der Waals surface area contributed by atoms with Crippen molar-refractivity contribution in [2.75, 3.05) is 20.8 Å². The van der Waals surface area contributed by atoms with Gasteiger partial charge in [-0.1, -0.05) is 31.2 Å². The molecule has 2 aromatic rings. The third-order valence-corrected chi connectivity index (χ3v) is 3.88. The van der Waals surface area contributed by atoms with Crippen molar-refractivity contribution in [2.45, 2.75) is 19.9 Å². The van der Waals surface area contributed by atoms with Crippen LogP contribution in [0.5, 0.6) is 11.5 Å². The Morgan fingerprint density at radius 2 is 1.65 bits per heavy atom. The lowest BCUT2D eigenvalue weighted by molar-refractivity contribution is -0.124. The highest BCUT2D eigenvalue weighted by Gasteiger charge is 2.16. The lowest BCUT2D eigenvalue weighted by Crippen LogP contribution is -2.28. The molecule has 1 N–H and O–H groups in total. The van der Waals surface area contributed by atoms with Crippen LogP contribution >= 0.6 is 0 Å². The van der Waals surface area contributed by atoms with Gasteiger partial charge in [-0.3, -0.25) is 4.79 Å². The van der Waals surface area contributed by atoms with Gasteiger partial charge in [0.05, 0.1) is 14.2 Å². The van der Waals surface area contributed by atoms with Crippen molar-refractivity contribution >= 4 is 11.9 Å². The smallest absolute Gasteiger partial charge is 0.342 e. The number of methoxy groups -OCH3 is 2. The second kappa shape index (κ2) is 9.46. The quantitative estimate of drug-likeness (QED) is 0.736. The Hall–Kier alpha value is -3.02. The first-order chi connectivity index (χ1) is 12.6. The van der Waals surface area contributed by atoms with Crippen LogP contribution in [0.1, 0.15) is 28.4 Å². The molecule has 0 aliphatic rings. The number of hydrogen-bond donors (Lipinski definition) is 1. The molecule has 0 heterocycles. The Morgan fingerprint density at radius 3 is 2.27 bits per heavy atom. The molecule has 0 spiro atoms. The zero-order valence-electron chi connectivity index (χ0n) is 15.2. The molecule has 0 saturated carbocycles. The number of aryl methyl sites for hydroxylation is 1. The van der Waals surface area contributed by atoms with Crippen LogP contribution in [0.2, 0.25) is 0 Å². The number of hydrogen-bond acceptors (Lipinski definition) is 5. The minimum Gasteiger partial charge on any atom is -0.497 e. The SMILES string of the molecule is CCc1ccc(CNC(=O)COC(=O)c2ccc(OC)cc2OC)cc1. The van der Waals surface area contributed by atoms with E-state index in [0.29, 0.717) is 18.0 Å². The van der Waals surface area contributed by atoms with Crippen molar-refractivity contribution in [2.24, 2.45) is 0 Å². The fraction of sp³-hybridized carbons (Fsp3) is 0.300. The van der Waals surface area contributed by atoms with Crippen molar-refractivity contribution in [3.63, 3.8) is 0 Å². The second-order valence-electron chi connectivity index (χ2n) is 5.59. The lowest BCUT2D eigenvalue weighted by Gasteiger charge is -2.10. The highest BCUT2D eigenvalue weighted by Crippen LogP contribution is 2.25. The zero-order valence-corrected chi connectivity index (χ0v) is 15.2. The summed E-state index contributed by atoms with van der Waals surface area (Å²) in [5.41, 5.74) is 2.46. The molecule has 6 nitrogen and oxygen atoms in total. The molecule has 0 bridgehead atoms. The van der Waals surface area contributed by atoms with E-state index in [4.69, 9.17) is 14.2 Å². The molecule has 1 amide bonds. The maximum Gasteiger partial charge on any atom is 0.342 e. The van der Waals surface area contributed by atoms with E-state index in [-0.39, 0.29) is 18.1 Å². The highest BCUT2D eigenvalue weighted by molar-refractivity contribution is 5.94. The number of amides is 1. The Bertz CT molecular complexity index is 755. The lowest BCUT2D eigenvalue weighted by atomic mass is 10.1. The van der Waals surface area contributed by atoms with E-state index in [0.717, 1.165) is 12.0 Å². The van der Waals surface area contributed by atoms with Gasteiger partial charge in [0.2, 0.25) is 0 Å². The second-order valence-corrected chi connectivity index (χ2v) is 5.59. The molecule has 0 fully saturated rings. The molecule has 0 aliphatic heterocycles. The molecule has 0 radical (unpaired) electrons. The first kappa shape index (κ1) is 19.3. The van der Waals surface area contributed by atoms with Crippen LogP contribution in [-0.4, -0.2) is 32.7 Å². The van der Waals surface area contributed by atoms with Gasteiger partial charge in [-0.05, 0) is 29.7 Å². The molecule has 6 heteroatoms. The van der Waals surface area contributed by atoms with Gasteiger partial charge in [0.25, 0.3) is 5.91 Å². The molecular weight excluding hydrogens is 334 g/mol. The van der Waals surface area contributed by atoms with Crippen molar-refractivity contribution in [1.82, 2.24) is 5.32 Å². The molecular formula is C20H23NO5. The molecule has 2 aromatic carbocycles. The summed E-state index contributed by atoms with van der Waals surface area (Å²) in [6, 6.07) is 12.7. The summed E-state index contributed by atoms with van der Waals surface area (Å²) in [6.45, 7) is 2.11. The maximum atomic E-state index is 12.2. The van der Waals surface area contributed by atoms with Gasteiger partial charge in [-0.2, -0.15) is 0 Å². The summed E-state index contributed by atoms with van der Waals surface area (Å²) in [7, 11) is 2.97. The normalized spacial score (nSPS) is 10.1. The van der Waals surface area contributed by atoms with Gasteiger partial charge in [0.15, 0.2) is 6.61 Å². The fourth-order valence-electron chi connectivity index (χ4n) is 2.32. The molecule has 0 aromatic heterocycles. The maximum absolute atomic E-state index is 12.2. The zero-order chi connectivity index (χ0) is 18.9. The van der Waals surface area contributed by atoms with Gasteiger partial charge in [0.1, 0.15) is 17.1 Å². The van der Waals surface area contributed by atoms with Crippen molar-refractivity contribution in [1.29, 1.82) is 0 Å². The number of benzene rings is 2. The Balaban J connectivity index is 1.85. The van der Waals surface area contributed by atoms with Gasteiger partial charge in [0, 0.05) is 12.6 Å². The summed E-state index contributed by atoms with van der Waals surface area (Å²) in [4.78, 5) is 24.0. The number of carbonyl (C=O) groups excluding carboxylic acids is 2. The Morgan fingerprint density at radius 1 is 0.962 bits per heavy atom. The average molecular weight is 357 g/mol. The van der Waals surface area contributed by atoms with E-state index in [1.807, 2.05) is 24.3 Å². The number of esters is 1. The minimum atomic E-state index is -0.632.